The molecule has 1 N–H and O–H groups in total. The van der Waals surface area contributed by atoms with E-state index in [4.69, 9.17) is 4.74 Å². The summed E-state index contributed by atoms with van der Waals surface area (Å²) >= 11 is 0. The lowest BCUT2D eigenvalue weighted by molar-refractivity contribution is -0.129. The van der Waals surface area contributed by atoms with Crippen molar-refractivity contribution in [3.05, 3.63) is 12.2 Å². The fourth-order valence-corrected chi connectivity index (χ4v) is 1.76. The van der Waals surface area contributed by atoms with E-state index < -0.39 is 11.7 Å². The molecule has 0 bridgehead atoms. The van der Waals surface area contributed by atoms with E-state index in [-0.39, 0.29) is 12.0 Å². The Bertz CT molecular complexity index is 280. The number of hydroxylamine groups is 2. The summed E-state index contributed by atoms with van der Waals surface area (Å²) in [7, 11) is 0. The Balaban J connectivity index is 2.60. The van der Waals surface area contributed by atoms with Gasteiger partial charge < -0.3 is 4.74 Å². The van der Waals surface area contributed by atoms with Gasteiger partial charge in [0.25, 0.3) is 0 Å². The first kappa shape index (κ1) is 13.0. The summed E-state index contributed by atoms with van der Waals surface area (Å²) in [5.74, 6) is 0.159. The van der Waals surface area contributed by atoms with Crippen LogP contribution in [0.2, 0.25) is 0 Å². The van der Waals surface area contributed by atoms with Crippen LogP contribution in [0.3, 0.4) is 0 Å². The molecule has 0 fully saturated rings. The number of nitrogens with zero attached hydrogens (tertiary/aromatic N) is 1. The van der Waals surface area contributed by atoms with Crippen LogP contribution in [0, 0.1) is 5.92 Å². The fraction of sp³-hybridized carbons (Fsp3) is 0.750. The minimum atomic E-state index is -0.667. The number of ether oxygens (including phenoxy) is 1. The van der Waals surface area contributed by atoms with Gasteiger partial charge in [0.05, 0.1) is 6.04 Å². The van der Waals surface area contributed by atoms with Crippen LogP contribution in [-0.4, -0.2) is 28.0 Å². The number of hydrogen-bond acceptors (Lipinski definition) is 3. The summed E-state index contributed by atoms with van der Waals surface area (Å²) in [5, 5.41) is 10.5. The van der Waals surface area contributed by atoms with Crippen LogP contribution in [0.1, 0.15) is 40.5 Å². The zero-order chi connectivity index (χ0) is 12.3. The van der Waals surface area contributed by atoms with Crippen LogP contribution >= 0.6 is 0 Å². The average Bonchev–Trinajstić information content (AvgIpc) is 2.15. The van der Waals surface area contributed by atoms with Gasteiger partial charge in [-0.05, 0) is 39.5 Å². The Labute approximate surface area is 96.8 Å². The van der Waals surface area contributed by atoms with Crippen molar-refractivity contribution in [2.24, 2.45) is 5.92 Å². The second-order valence-electron chi connectivity index (χ2n) is 5.26. The predicted molar refractivity (Wildman–Crippen MR) is 61.2 cm³/mol. The topological polar surface area (TPSA) is 49.8 Å². The first-order chi connectivity index (χ1) is 7.31. The quantitative estimate of drug-likeness (QED) is 0.425. The first-order valence-electron chi connectivity index (χ1n) is 5.69. The van der Waals surface area contributed by atoms with Gasteiger partial charge in [0.15, 0.2) is 0 Å². The van der Waals surface area contributed by atoms with E-state index in [1.54, 1.807) is 20.8 Å². The molecule has 92 valence electrons. The van der Waals surface area contributed by atoms with Crippen LogP contribution in [0.15, 0.2) is 12.2 Å². The smallest absolute Gasteiger partial charge is 0.434 e. The molecule has 1 aliphatic rings. The maximum atomic E-state index is 11.6. The van der Waals surface area contributed by atoms with Crippen molar-refractivity contribution < 1.29 is 14.7 Å². The molecule has 0 unspecified atom stereocenters. The van der Waals surface area contributed by atoms with Crippen molar-refractivity contribution in [3.63, 3.8) is 0 Å². The molecule has 0 aromatic rings. The Morgan fingerprint density at radius 3 is 2.62 bits per heavy atom. The first-order valence-corrected chi connectivity index (χ1v) is 5.69. The third-order valence-corrected chi connectivity index (χ3v) is 2.57. The highest BCUT2D eigenvalue weighted by molar-refractivity contribution is 5.67. The second kappa shape index (κ2) is 4.87. The molecule has 0 aliphatic heterocycles. The molecule has 0 saturated heterocycles. The van der Waals surface area contributed by atoms with Crippen molar-refractivity contribution >= 4 is 6.09 Å². The Kier molecular flexibility index (Phi) is 3.97. The molecular formula is C12H21NO3. The van der Waals surface area contributed by atoms with Crippen molar-refractivity contribution in [3.8, 4) is 0 Å². The van der Waals surface area contributed by atoms with Crippen molar-refractivity contribution in [2.75, 3.05) is 0 Å². The van der Waals surface area contributed by atoms with Gasteiger partial charge >= 0.3 is 6.09 Å². The lowest BCUT2D eigenvalue weighted by Crippen LogP contribution is -2.44. The largest absolute Gasteiger partial charge is 0.442 e. The summed E-state index contributed by atoms with van der Waals surface area (Å²) in [6, 6.07) is -0.181. The molecule has 0 aromatic heterocycles. The maximum absolute atomic E-state index is 11.6. The Morgan fingerprint density at radius 1 is 1.50 bits per heavy atom. The molecule has 0 aromatic carbocycles. The summed E-state index contributed by atoms with van der Waals surface area (Å²) in [4.78, 5) is 11.6. The summed E-state index contributed by atoms with van der Waals surface area (Å²) in [6.07, 6.45) is 5.08. The molecular weight excluding hydrogens is 206 g/mol. The van der Waals surface area contributed by atoms with Gasteiger partial charge in [-0.1, -0.05) is 19.1 Å². The van der Waals surface area contributed by atoms with E-state index >= 15 is 0 Å². The normalized spacial score (nSPS) is 25.3. The number of hydrogen-bond donors (Lipinski definition) is 1. The van der Waals surface area contributed by atoms with Crippen molar-refractivity contribution in [1.29, 1.82) is 0 Å². The number of amides is 1. The van der Waals surface area contributed by atoms with Gasteiger partial charge in [0, 0.05) is 0 Å². The van der Waals surface area contributed by atoms with E-state index in [0.29, 0.717) is 0 Å². The molecule has 0 saturated carbocycles. The third kappa shape index (κ3) is 3.52. The lowest BCUT2D eigenvalue weighted by atomic mass is 9.92. The molecule has 1 aliphatic carbocycles. The van der Waals surface area contributed by atoms with E-state index in [1.165, 1.54) is 0 Å². The number of allylic oxidation sites excluding steroid dienone is 1. The van der Waals surface area contributed by atoms with Gasteiger partial charge in [-0.15, -0.1) is 0 Å². The van der Waals surface area contributed by atoms with Gasteiger partial charge in [-0.3, -0.25) is 5.21 Å². The average molecular weight is 227 g/mol. The minimum Gasteiger partial charge on any atom is -0.442 e. The van der Waals surface area contributed by atoms with E-state index in [0.717, 1.165) is 17.9 Å². The van der Waals surface area contributed by atoms with Gasteiger partial charge in [-0.2, -0.15) is 5.06 Å². The van der Waals surface area contributed by atoms with Crippen LogP contribution in [0.25, 0.3) is 0 Å². The number of carbonyl (C=O) groups excluding carboxylic acids is 1. The van der Waals surface area contributed by atoms with Gasteiger partial charge in [0.2, 0.25) is 0 Å². The van der Waals surface area contributed by atoms with Gasteiger partial charge in [-0.25, -0.2) is 4.79 Å². The molecule has 16 heavy (non-hydrogen) atoms. The summed E-state index contributed by atoms with van der Waals surface area (Å²) < 4.78 is 5.11. The van der Waals surface area contributed by atoms with Crippen LogP contribution in [0.4, 0.5) is 4.79 Å². The Hall–Kier alpha value is -1.03. The molecule has 1 rings (SSSR count). The SMILES string of the molecule is C[C@H]1C=CCC[C@@H]1N(O)C(=O)OC(C)(C)C. The van der Waals surface area contributed by atoms with E-state index in [1.807, 2.05) is 13.0 Å². The summed E-state index contributed by atoms with van der Waals surface area (Å²) in [5.41, 5.74) is -0.578. The molecule has 0 radical (unpaired) electrons. The highest BCUT2D eigenvalue weighted by Gasteiger charge is 2.30. The molecule has 4 nitrogen and oxygen atoms in total. The zero-order valence-electron chi connectivity index (χ0n) is 10.4. The van der Waals surface area contributed by atoms with Crippen LogP contribution < -0.4 is 0 Å². The standard InChI is InChI=1S/C12H21NO3/c1-9-7-5-6-8-10(9)13(15)11(14)16-12(2,3)4/h5,7,9-10,15H,6,8H2,1-4H3/t9-,10-/m0/s1. The van der Waals surface area contributed by atoms with Crippen LogP contribution in [0.5, 0.6) is 0 Å². The lowest BCUT2D eigenvalue weighted by Gasteiger charge is -2.32. The minimum absolute atomic E-state index is 0.159. The summed E-state index contributed by atoms with van der Waals surface area (Å²) in [6.45, 7) is 7.32. The predicted octanol–water partition coefficient (Wildman–Crippen LogP) is 2.97. The highest BCUT2D eigenvalue weighted by atomic mass is 16.6. The third-order valence-electron chi connectivity index (χ3n) is 2.57. The number of rotatable bonds is 1. The molecule has 0 spiro atoms. The van der Waals surface area contributed by atoms with E-state index in [9.17, 15) is 10.0 Å². The van der Waals surface area contributed by atoms with Crippen LogP contribution in [-0.2, 0) is 4.74 Å². The van der Waals surface area contributed by atoms with Gasteiger partial charge in [0.1, 0.15) is 5.60 Å². The Morgan fingerprint density at radius 2 is 2.12 bits per heavy atom. The van der Waals surface area contributed by atoms with E-state index in [2.05, 4.69) is 6.08 Å². The highest BCUT2D eigenvalue weighted by Crippen LogP contribution is 2.23. The zero-order valence-corrected chi connectivity index (χ0v) is 10.4. The fourth-order valence-electron chi connectivity index (χ4n) is 1.76. The molecule has 1 amide bonds. The number of carbonyl (C=O) groups is 1. The second-order valence-corrected chi connectivity index (χ2v) is 5.26. The van der Waals surface area contributed by atoms with Crippen molar-refractivity contribution in [1.82, 2.24) is 5.06 Å². The monoisotopic (exact) mass is 227 g/mol. The molecule has 2 atom stereocenters. The van der Waals surface area contributed by atoms with Crippen molar-refractivity contribution in [2.45, 2.75) is 52.2 Å². The molecule has 4 heteroatoms. The molecule has 0 heterocycles. The maximum Gasteiger partial charge on any atom is 0.434 e.